The number of ether oxygens (including phenoxy) is 4. The molecule has 1 aliphatic carbocycles. The lowest BCUT2D eigenvalue weighted by Gasteiger charge is -2.30. The minimum absolute atomic E-state index is 0.0571. The molecule has 7 heteroatoms. The van der Waals surface area contributed by atoms with Crippen molar-refractivity contribution >= 4 is 11.9 Å². The van der Waals surface area contributed by atoms with Gasteiger partial charge in [-0.25, -0.2) is 4.79 Å². The molecule has 0 bridgehead atoms. The van der Waals surface area contributed by atoms with Gasteiger partial charge in [0.25, 0.3) is 0 Å². The summed E-state index contributed by atoms with van der Waals surface area (Å²) in [6, 6.07) is 5.62. The number of rotatable bonds is 3. The van der Waals surface area contributed by atoms with Gasteiger partial charge >= 0.3 is 11.9 Å². The summed E-state index contributed by atoms with van der Waals surface area (Å²) < 4.78 is 21.2. The maximum Gasteiger partial charge on any atom is 0.396 e. The molecular formula is C17H19NO6. The van der Waals surface area contributed by atoms with Crippen LogP contribution in [0.5, 0.6) is 11.5 Å². The van der Waals surface area contributed by atoms with Crippen LogP contribution < -0.4 is 14.8 Å². The number of nitrogens with one attached hydrogen (secondary N) is 1. The number of amides is 1. The van der Waals surface area contributed by atoms with Gasteiger partial charge in [0.05, 0.1) is 18.8 Å². The van der Waals surface area contributed by atoms with Crippen LogP contribution in [-0.2, 0) is 19.1 Å². The molecule has 4 atom stereocenters. The summed E-state index contributed by atoms with van der Waals surface area (Å²) >= 11 is 0. The molecule has 0 unspecified atom stereocenters. The third-order valence-corrected chi connectivity index (χ3v) is 4.75. The SMILES string of the molecule is CCOC(=O)C(=O)N[C@H]1C[C@H]2O[C@H]2C[C@@H]1c1ccc2c(c1)OCO2. The van der Waals surface area contributed by atoms with Crippen molar-refractivity contribution in [3.05, 3.63) is 23.8 Å². The Balaban J connectivity index is 1.53. The molecule has 0 spiro atoms. The van der Waals surface area contributed by atoms with Gasteiger partial charge in [0.2, 0.25) is 6.79 Å². The van der Waals surface area contributed by atoms with Gasteiger partial charge in [-0.3, -0.25) is 4.79 Å². The fourth-order valence-electron chi connectivity index (χ4n) is 3.52. The first-order chi connectivity index (χ1) is 11.7. The van der Waals surface area contributed by atoms with E-state index in [-0.39, 0.29) is 37.6 Å². The molecule has 0 radical (unpaired) electrons. The van der Waals surface area contributed by atoms with Gasteiger partial charge in [-0.1, -0.05) is 6.07 Å². The first-order valence-electron chi connectivity index (χ1n) is 8.18. The third-order valence-electron chi connectivity index (χ3n) is 4.75. The second-order valence-electron chi connectivity index (χ2n) is 6.20. The monoisotopic (exact) mass is 333 g/mol. The Bertz CT molecular complexity index is 675. The largest absolute Gasteiger partial charge is 0.459 e. The lowest BCUT2D eigenvalue weighted by Crippen LogP contribution is -2.46. The highest BCUT2D eigenvalue weighted by molar-refractivity contribution is 6.32. The van der Waals surface area contributed by atoms with E-state index in [0.29, 0.717) is 12.2 Å². The van der Waals surface area contributed by atoms with Gasteiger partial charge in [0.15, 0.2) is 11.5 Å². The zero-order chi connectivity index (χ0) is 16.7. The Kier molecular flexibility index (Phi) is 3.80. The summed E-state index contributed by atoms with van der Waals surface area (Å²) in [5.74, 6) is -0.0573. The van der Waals surface area contributed by atoms with Crippen LogP contribution >= 0.6 is 0 Å². The van der Waals surface area contributed by atoms with Gasteiger partial charge in [0.1, 0.15) is 0 Å². The van der Waals surface area contributed by atoms with Gasteiger partial charge in [0, 0.05) is 12.0 Å². The molecule has 2 aliphatic heterocycles. The molecular weight excluding hydrogens is 314 g/mol. The van der Waals surface area contributed by atoms with Crippen LogP contribution in [-0.4, -0.2) is 43.5 Å². The van der Waals surface area contributed by atoms with Gasteiger partial charge in [-0.05, 0) is 37.5 Å². The van der Waals surface area contributed by atoms with E-state index in [9.17, 15) is 9.59 Å². The summed E-state index contributed by atoms with van der Waals surface area (Å²) in [4.78, 5) is 23.6. The van der Waals surface area contributed by atoms with E-state index < -0.39 is 11.9 Å². The Hall–Kier alpha value is -2.28. The average Bonchev–Trinajstić information content (AvgIpc) is 3.17. The second kappa shape index (κ2) is 5.98. The van der Waals surface area contributed by atoms with E-state index in [2.05, 4.69) is 5.32 Å². The quantitative estimate of drug-likeness (QED) is 0.507. The summed E-state index contributed by atoms with van der Waals surface area (Å²) in [7, 11) is 0. The van der Waals surface area contributed by atoms with Crippen LogP contribution in [0.1, 0.15) is 31.2 Å². The number of carbonyl (C=O) groups excluding carboxylic acids is 2. The van der Waals surface area contributed by atoms with Crippen LogP contribution in [0.2, 0.25) is 0 Å². The predicted octanol–water partition coefficient (Wildman–Crippen LogP) is 1.11. The zero-order valence-corrected chi connectivity index (χ0v) is 13.3. The number of epoxide rings is 1. The molecule has 3 aliphatic rings. The lowest BCUT2D eigenvalue weighted by atomic mass is 9.80. The van der Waals surface area contributed by atoms with E-state index in [4.69, 9.17) is 18.9 Å². The maximum absolute atomic E-state index is 12.0. The summed E-state index contributed by atoms with van der Waals surface area (Å²) in [6.45, 7) is 2.07. The molecule has 0 aromatic heterocycles. The minimum Gasteiger partial charge on any atom is -0.459 e. The fourth-order valence-corrected chi connectivity index (χ4v) is 3.52. The summed E-state index contributed by atoms with van der Waals surface area (Å²) in [6.07, 6.45) is 1.89. The molecule has 2 fully saturated rings. The molecule has 7 nitrogen and oxygen atoms in total. The van der Waals surface area contributed by atoms with Gasteiger partial charge < -0.3 is 24.3 Å². The second-order valence-corrected chi connectivity index (χ2v) is 6.20. The molecule has 1 amide bonds. The van der Waals surface area contributed by atoms with E-state index in [0.717, 1.165) is 17.7 Å². The molecule has 1 saturated heterocycles. The Labute approximate surface area is 139 Å². The minimum atomic E-state index is -0.847. The molecule has 4 rings (SSSR count). The van der Waals surface area contributed by atoms with Crippen molar-refractivity contribution in [1.82, 2.24) is 5.32 Å². The van der Waals surface area contributed by atoms with Crippen LogP contribution in [0.4, 0.5) is 0 Å². The number of hydrogen-bond acceptors (Lipinski definition) is 6. The van der Waals surface area contributed by atoms with E-state index >= 15 is 0 Å². The lowest BCUT2D eigenvalue weighted by molar-refractivity contribution is -0.155. The van der Waals surface area contributed by atoms with E-state index in [1.54, 1.807) is 6.92 Å². The smallest absolute Gasteiger partial charge is 0.396 e. The number of fused-ring (bicyclic) bond motifs is 2. The van der Waals surface area contributed by atoms with Crippen molar-refractivity contribution in [1.29, 1.82) is 0 Å². The van der Waals surface area contributed by atoms with Crippen LogP contribution in [0.15, 0.2) is 18.2 Å². The first-order valence-corrected chi connectivity index (χ1v) is 8.18. The Morgan fingerprint density at radius 2 is 2.00 bits per heavy atom. The highest BCUT2D eigenvalue weighted by Gasteiger charge is 2.49. The molecule has 1 aromatic carbocycles. The van der Waals surface area contributed by atoms with E-state index in [1.807, 2.05) is 18.2 Å². The number of hydrogen-bond donors (Lipinski definition) is 1. The topological polar surface area (TPSA) is 86.4 Å². The number of carbonyl (C=O) groups is 2. The third kappa shape index (κ3) is 2.80. The van der Waals surface area contributed by atoms with Crippen molar-refractivity contribution in [3.8, 4) is 11.5 Å². The van der Waals surface area contributed by atoms with Crippen molar-refractivity contribution in [2.45, 2.75) is 43.9 Å². The molecule has 1 aromatic rings. The van der Waals surface area contributed by atoms with E-state index in [1.165, 1.54) is 0 Å². The zero-order valence-electron chi connectivity index (χ0n) is 13.3. The molecule has 24 heavy (non-hydrogen) atoms. The predicted molar refractivity (Wildman–Crippen MR) is 81.8 cm³/mol. The maximum atomic E-state index is 12.0. The molecule has 1 saturated carbocycles. The van der Waals surface area contributed by atoms with Crippen LogP contribution in [0.3, 0.4) is 0 Å². The van der Waals surface area contributed by atoms with Gasteiger partial charge in [-0.15, -0.1) is 0 Å². The Morgan fingerprint density at radius 1 is 1.21 bits per heavy atom. The highest BCUT2D eigenvalue weighted by atomic mass is 16.7. The molecule has 1 N–H and O–H groups in total. The van der Waals surface area contributed by atoms with Crippen molar-refractivity contribution in [3.63, 3.8) is 0 Å². The average molecular weight is 333 g/mol. The fraction of sp³-hybridized carbons (Fsp3) is 0.529. The Morgan fingerprint density at radius 3 is 2.83 bits per heavy atom. The number of benzene rings is 1. The standard InChI is InChI=1S/C17H19NO6/c1-2-21-17(20)16(19)18-11-7-15-14(24-15)6-10(11)9-3-4-12-13(5-9)23-8-22-12/h3-5,10-11,14-15H,2,6-8H2,1H3,(H,18,19)/t10-,11+,14+,15-/m1/s1. The van der Waals surface area contributed by atoms with Crippen molar-refractivity contribution < 1.29 is 28.5 Å². The van der Waals surface area contributed by atoms with Crippen molar-refractivity contribution in [2.75, 3.05) is 13.4 Å². The van der Waals surface area contributed by atoms with Crippen molar-refractivity contribution in [2.24, 2.45) is 0 Å². The van der Waals surface area contributed by atoms with Gasteiger partial charge in [-0.2, -0.15) is 0 Å². The normalized spacial score (nSPS) is 29.5. The number of esters is 1. The molecule has 2 heterocycles. The summed E-state index contributed by atoms with van der Waals surface area (Å²) in [5.41, 5.74) is 1.04. The first kappa shape index (κ1) is 15.3. The molecule has 128 valence electrons. The summed E-state index contributed by atoms with van der Waals surface area (Å²) in [5, 5.41) is 2.81. The van der Waals surface area contributed by atoms with Crippen LogP contribution in [0, 0.1) is 0 Å². The highest BCUT2D eigenvalue weighted by Crippen LogP contribution is 2.45. The van der Waals surface area contributed by atoms with Crippen LogP contribution in [0.25, 0.3) is 0 Å².